The van der Waals surface area contributed by atoms with E-state index in [1.165, 1.54) is 25.3 Å². The molecule has 0 aromatic heterocycles. The van der Waals surface area contributed by atoms with E-state index >= 15 is 0 Å². The minimum atomic E-state index is -1.52. The summed E-state index contributed by atoms with van der Waals surface area (Å²) in [4.78, 5) is 0. The van der Waals surface area contributed by atoms with E-state index < -0.39 is 24.4 Å². The van der Waals surface area contributed by atoms with Crippen molar-refractivity contribution >= 4 is 8.32 Å². The van der Waals surface area contributed by atoms with Gasteiger partial charge in [-0.05, 0) is 0 Å². The van der Waals surface area contributed by atoms with Crippen LogP contribution >= 0.6 is 0 Å². The van der Waals surface area contributed by atoms with Gasteiger partial charge in [0.25, 0.3) is 0 Å². The zero-order valence-electron chi connectivity index (χ0n) is 12.2. The quantitative estimate of drug-likeness (QED) is 0.526. The van der Waals surface area contributed by atoms with Crippen molar-refractivity contribution in [3.63, 3.8) is 0 Å². The van der Waals surface area contributed by atoms with Gasteiger partial charge in [0.05, 0.1) is 0 Å². The summed E-state index contributed by atoms with van der Waals surface area (Å²) in [6.07, 6.45) is 8.55. The molecule has 0 N–H and O–H groups in total. The van der Waals surface area contributed by atoms with Crippen LogP contribution < -0.4 is 0 Å². The van der Waals surface area contributed by atoms with Crippen molar-refractivity contribution < 1.29 is 20.5 Å². The van der Waals surface area contributed by atoms with Crippen LogP contribution in [0.15, 0.2) is 21.7 Å². The average molecular weight is 436 g/mol. The van der Waals surface area contributed by atoms with Crippen LogP contribution in [0.25, 0.3) is 0 Å². The Morgan fingerprint density at radius 1 is 1.29 bits per heavy atom. The van der Waals surface area contributed by atoms with Crippen molar-refractivity contribution in [2.45, 2.75) is 54.3 Å². The molecule has 1 aliphatic carbocycles. The molecule has 17 heavy (non-hydrogen) atoms. The van der Waals surface area contributed by atoms with Gasteiger partial charge in [-0.1, -0.05) is 0 Å². The molecule has 0 bridgehead atoms. The molecule has 0 aliphatic heterocycles. The van der Waals surface area contributed by atoms with Crippen molar-refractivity contribution in [1.82, 2.24) is 0 Å². The van der Waals surface area contributed by atoms with Crippen LogP contribution in [0.1, 0.15) is 19.3 Å². The summed E-state index contributed by atoms with van der Waals surface area (Å²) in [6, 6.07) is 1.28. The second-order valence-corrected chi connectivity index (χ2v) is 21.8. The molecule has 1 rings (SSSR count). The molecule has 0 aromatic rings. The van der Waals surface area contributed by atoms with Gasteiger partial charge >= 0.3 is 112 Å². The molecule has 0 spiro atoms. The zero-order valence-corrected chi connectivity index (χ0v) is 15.5. The first-order valence-corrected chi connectivity index (χ1v) is 17.1. The average Bonchev–Trinajstić information content (AvgIpc) is 2.65. The molecule has 0 fully saturated rings. The van der Waals surface area contributed by atoms with Crippen LogP contribution in [0.3, 0.4) is 0 Å². The zero-order chi connectivity index (χ0) is 13.1. The molecule has 0 amide bonds. The Morgan fingerprint density at radius 2 is 1.94 bits per heavy atom. The van der Waals surface area contributed by atoms with Gasteiger partial charge < -0.3 is 0 Å². The monoisotopic (exact) mass is 435 g/mol. The molecule has 1 aliphatic rings. The second-order valence-electron chi connectivity index (χ2n) is 5.74. The topological polar surface area (TPSA) is 9.23 Å². The SMILES string of the molecule is CO[Si](C)(C)CCCC1=[C]([Pt]([CH3])([CH3])[CH3])CC=C1. The van der Waals surface area contributed by atoms with Crippen LogP contribution in [-0.4, -0.2) is 15.4 Å². The Morgan fingerprint density at radius 3 is 2.47 bits per heavy atom. The fourth-order valence-electron chi connectivity index (χ4n) is 2.03. The Hall–Kier alpha value is 0.345. The van der Waals surface area contributed by atoms with Gasteiger partial charge in [0.15, 0.2) is 0 Å². The van der Waals surface area contributed by atoms with Gasteiger partial charge in [0.1, 0.15) is 0 Å². The first kappa shape index (κ1) is 15.4. The Bertz CT molecular complexity index is 324. The van der Waals surface area contributed by atoms with Crippen molar-refractivity contribution in [3.05, 3.63) is 21.7 Å². The normalized spacial score (nSPS) is 18.0. The molecule has 0 saturated carbocycles. The molecule has 3 heteroatoms. The van der Waals surface area contributed by atoms with E-state index in [-0.39, 0.29) is 0 Å². The van der Waals surface area contributed by atoms with Gasteiger partial charge in [0.2, 0.25) is 0 Å². The van der Waals surface area contributed by atoms with Gasteiger partial charge in [0, 0.05) is 0 Å². The molecule has 0 aromatic carbocycles. The molecule has 104 valence electrons. The van der Waals surface area contributed by atoms with Crippen molar-refractivity contribution in [1.29, 1.82) is 0 Å². The number of allylic oxidation sites excluding steroid dienone is 4. The van der Waals surface area contributed by atoms with Crippen LogP contribution in [0.2, 0.25) is 35.1 Å². The first-order chi connectivity index (χ1) is 7.76. The fourth-order valence-corrected chi connectivity index (χ4v) is 7.58. The first-order valence-electron chi connectivity index (χ1n) is 6.06. The molecule has 0 heterocycles. The van der Waals surface area contributed by atoms with E-state index in [2.05, 4.69) is 41.2 Å². The van der Waals surface area contributed by atoms with Gasteiger partial charge in [-0.2, -0.15) is 0 Å². The Labute approximate surface area is 112 Å². The van der Waals surface area contributed by atoms with E-state index in [1.54, 1.807) is 5.57 Å². The van der Waals surface area contributed by atoms with Gasteiger partial charge in [-0.15, -0.1) is 0 Å². The molecule has 0 atom stereocenters. The summed E-state index contributed by atoms with van der Waals surface area (Å²) in [7, 11) is 0.522. The summed E-state index contributed by atoms with van der Waals surface area (Å²) in [5, 5.41) is 7.51. The second kappa shape index (κ2) is 5.99. The predicted octanol–water partition coefficient (Wildman–Crippen LogP) is 5.13. The minimum absolute atomic E-state index is 1.24. The third kappa shape index (κ3) is 4.85. The van der Waals surface area contributed by atoms with E-state index in [0.717, 1.165) is 0 Å². The van der Waals surface area contributed by atoms with Gasteiger partial charge in [-0.25, -0.2) is 0 Å². The van der Waals surface area contributed by atoms with Crippen molar-refractivity contribution in [2.24, 2.45) is 0 Å². The fraction of sp³-hybridized carbons (Fsp3) is 0.714. The summed E-state index contributed by atoms with van der Waals surface area (Å²) in [6.45, 7) is 4.63. The molecule has 0 unspecified atom stereocenters. The number of rotatable bonds is 6. The summed E-state index contributed by atoms with van der Waals surface area (Å²) in [5.74, 6) is 0. The van der Waals surface area contributed by atoms with Crippen LogP contribution in [0, 0.1) is 0 Å². The van der Waals surface area contributed by atoms with E-state index in [4.69, 9.17) is 4.43 Å². The summed E-state index contributed by atoms with van der Waals surface area (Å²) >= 11 is -1.52. The maximum absolute atomic E-state index is 5.61. The third-order valence-electron chi connectivity index (χ3n) is 3.28. The molecular weight excluding hydrogens is 407 g/mol. The molecule has 1 nitrogen and oxygen atoms in total. The summed E-state index contributed by atoms with van der Waals surface area (Å²) < 4.78 is 7.43. The third-order valence-corrected chi connectivity index (χ3v) is 11.3. The molecule has 0 radical (unpaired) electrons. The summed E-state index contributed by atoms with van der Waals surface area (Å²) in [5.41, 5.74) is 1.66. The van der Waals surface area contributed by atoms with Crippen molar-refractivity contribution in [3.8, 4) is 0 Å². The Balaban J connectivity index is 2.54. The van der Waals surface area contributed by atoms with Crippen molar-refractivity contribution in [2.75, 3.05) is 7.11 Å². The maximum atomic E-state index is 5.61. The predicted molar refractivity (Wildman–Crippen MR) is 76.9 cm³/mol. The van der Waals surface area contributed by atoms with Crippen LogP contribution in [-0.2, 0) is 20.5 Å². The van der Waals surface area contributed by atoms with E-state index in [1.807, 2.05) is 11.1 Å². The Kier molecular flexibility index (Phi) is 5.43. The number of hydrogen-bond acceptors (Lipinski definition) is 1. The molecule has 0 saturated heterocycles. The van der Waals surface area contributed by atoms with E-state index in [9.17, 15) is 0 Å². The standard InChI is InChI=1S/C11H19OSi.3CH3.Pt/c1-12-13(2,3)10-6-9-11-7-4-5-8-11;;;;/h4,7H,5-6,9-10H2,1-3H3;3*1H3;. The number of hydrogen-bond donors (Lipinski definition) is 0. The van der Waals surface area contributed by atoms with E-state index in [0.29, 0.717) is 0 Å². The van der Waals surface area contributed by atoms with Crippen LogP contribution in [0.4, 0.5) is 0 Å². The van der Waals surface area contributed by atoms with Gasteiger partial charge in [-0.3, -0.25) is 0 Å². The van der Waals surface area contributed by atoms with Crippen LogP contribution in [0.5, 0.6) is 0 Å². The molecular formula is C14H28OPtSi.